The van der Waals surface area contributed by atoms with Gasteiger partial charge in [0.25, 0.3) is 0 Å². The average Bonchev–Trinajstić information content (AvgIpc) is 2.71. The fourth-order valence-corrected chi connectivity index (χ4v) is 4.83. The summed E-state index contributed by atoms with van der Waals surface area (Å²) < 4.78 is 28.7. The van der Waals surface area contributed by atoms with Gasteiger partial charge >= 0.3 is 6.09 Å². The fourth-order valence-electron chi connectivity index (χ4n) is 4.20. The van der Waals surface area contributed by atoms with Crippen molar-refractivity contribution in [3.05, 3.63) is 65.7 Å². The Morgan fingerprint density at radius 2 is 1.69 bits per heavy atom. The van der Waals surface area contributed by atoms with Gasteiger partial charge in [0, 0.05) is 31.8 Å². The molecule has 2 atom stereocenters. The van der Waals surface area contributed by atoms with Crippen LogP contribution in [0.25, 0.3) is 0 Å². The van der Waals surface area contributed by atoms with Crippen molar-refractivity contribution in [3.63, 3.8) is 0 Å². The number of likely N-dealkylation sites (tertiary alicyclic amines) is 1. The molecular weight excluding hydrogens is 388 g/mol. The molecule has 0 saturated carbocycles. The summed E-state index contributed by atoms with van der Waals surface area (Å²) in [6, 6.07) is 17.2. The highest BCUT2D eigenvalue weighted by Crippen LogP contribution is 2.29. The first-order valence-corrected chi connectivity index (χ1v) is 11.8. The first-order valence-electron chi connectivity index (χ1n) is 9.89. The van der Waals surface area contributed by atoms with Crippen LogP contribution in [0.3, 0.4) is 0 Å². The standard InChI is InChI=1S/C22H26N2O4S/c1-29(26,27)20-9-7-18(8-10-20)13-23-12-11-19-16-28-22(25)24(21(19)15-23)14-17-5-3-2-4-6-17/h2-10,19,21H,11-16H2,1H3/t19-,21+/m0/s1. The number of piperidine rings is 1. The van der Waals surface area contributed by atoms with Gasteiger partial charge in [0.2, 0.25) is 0 Å². The monoisotopic (exact) mass is 414 g/mol. The van der Waals surface area contributed by atoms with E-state index in [1.54, 1.807) is 12.1 Å². The van der Waals surface area contributed by atoms with E-state index in [1.165, 1.54) is 6.26 Å². The fraction of sp³-hybridized carbons (Fsp3) is 0.409. The van der Waals surface area contributed by atoms with E-state index in [0.29, 0.717) is 24.0 Å². The smallest absolute Gasteiger partial charge is 0.410 e. The van der Waals surface area contributed by atoms with E-state index in [2.05, 4.69) is 4.90 Å². The minimum atomic E-state index is -3.18. The molecule has 4 rings (SSSR count). The second-order valence-corrected chi connectivity index (χ2v) is 9.97. The van der Waals surface area contributed by atoms with Gasteiger partial charge in [-0.3, -0.25) is 9.80 Å². The van der Waals surface area contributed by atoms with Gasteiger partial charge in [-0.05, 0) is 36.2 Å². The van der Waals surface area contributed by atoms with Gasteiger partial charge in [-0.2, -0.15) is 0 Å². The summed E-state index contributed by atoms with van der Waals surface area (Å²) >= 11 is 0. The number of nitrogens with zero attached hydrogens (tertiary/aromatic N) is 2. The average molecular weight is 415 g/mol. The number of amides is 1. The van der Waals surface area contributed by atoms with Crippen molar-refractivity contribution in [2.24, 2.45) is 5.92 Å². The Morgan fingerprint density at radius 3 is 2.38 bits per heavy atom. The van der Waals surface area contributed by atoms with Crippen molar-refractivity contribution in [1.82, 2.24) is 9.80 Å². The lowest BCUT2D eigenvalue weighted by Gasteiger charge is -2.46. The Bertz CT molecular complexity index is 960. The van der Waals surface area contributed by atoms with Gasteiger partial charge < -0.3 is 4.74 Å². The van der Waals surface area contributed by atoms with E-state index < -0.39 is 9.84 Å². The van der Waals surface area contributed by atoms with Crippen LogP contribution in [0.1, 0.15) is 17.5 Å². The number of carbonyl (C=O) groups is 1. The maximum absolute atomic E-state index is 12.5. The molecule has 1 amide bonds. The van der Waals surface area contributed by atoms with Crippen molar-refractivity contribution in [1.29, 1.82) is 0 Å². The molecule has 0 bridgehead atoms. The molecule has 154 valence electrons. The summed E-state index contributed by atoms with van der Waals surface area (Å²) in [6.45, 7) is 3.51. The van der Waals surface area contributed by atoms with Crippen LogP contribution < -0.4 is 0 Å². The summed E-state index contributed by atoms with van der Waals surface area (Å²) in [6.07, 6.45) is 1.95. The predicted molar refractivity (Wildman–Crippen MR) is 110 cm³/mol. The molecule has 0 aromatic heterocycles. The number of ether oxygens (including phenoxy) is 1. The van der Waals surface area contributed by atoms with Crippen LogP contribution in [0, 0.1) is 5.92 Å². The first-order chi connectivity index (χ1) is 13.9. The zero-order chi connectivity index (χ0) is 20.4. The highest BCUT2D eigenvalue weighted by molar-refractivity contribution is 7.90. The van der Waals surface area contributed by atoms with E-state index in [-0.39, 0.29) is 12.1 Å². The molecule has 7 heteroatoms. The maximum Gasteiger partial charge on any atom is 0.410 e. The predicted octanol–water partition coefficient (Wildman–Crippen LogP) is 2.93. The molecule has 2 aromatic carbocycles. The second kappa shape index (κ2) is 8.16. The van der Waals surface area contributed by atoms with E-state index in [0.717, 1.165) is 37.2 Å². The van der Waals surface area contributed by atoms with Gasteiger partial charge in [-0.25, -0.2) is 13.2 Å². The van der Waals surface area contributed by atoms with Crippen LogP contribution in [0.15, 0.2) is 59.5 Å². The van der Waals surface area contributed by atoms with Crippen LogP contribution in [0.2, 0.25) is 0 Å². The van der Waals surface area contributed by atoms with Crippen molar-refractivity contribution in [2.45, 2.75) is 30.4 Å². The molecule has 2 heterocycles. The molecule has 2 aromatic rings. The van der Waals surface area contributed by atoms with Gasteiger partial charge in [0.15, 0.2) is 9.84 Å². The summed E-state index contributed by atoms with van der Waals surface area (Å²) in [4.78, 5) is 17.0. The van der Waals surface area contributed by atoms with Crippen LogP contribution in [-0.4, -0.2) is 56.3 Å². The zero-order valence-electron chi connectivity index (χ0n) is 16.5. The quantitative estimate of drug-likeness (QED) is 0.753. The molecular formula is C22H26N2O4S. The molecule has 29 heavy (non-hydrogen) atoms. The molecule has 2 saturated heterocycles. The lowest BCUT2D eigenvalue weighted by atomic mass is 9.89. The van der Waals surface area contributed by atoms with Crippen LogP contribution in [0.5, 0.6) is 0 Å². The lowest BCUT2D eigenvalue weighted by molar-refractivity contribution is -0.0327. The SMILES string of the molecule is CS(=O)(=O)c1ccc(CN2CC[C@H]3COC(=O)N(Cc4ccccc4)[C@@H]3C2)cc1. The van der Waals surface area contributed by atoms with Crippen molar-refractivity contribution in [3.8, 4) is 0 Å². The van der Waals surface area contributed by atoms with Gasteiger partial charge in [0.1, 0.15) is 0 Å². The minimum Gasteiger partial charge on any atom is -0.449 e. The van der Waals surface area contributed by atoms with Crippen LogP contribution >= 0.6 is 0 Å². The van der Waals surface area contributed by atoms with E-state index >= 15 is 0 Å². The molecule has 0 unspecified atom stereocenters. The number of cyclic esters (lactones) is 1. The zero-order valence-corrected chi connectivity index (χ0v) is 17.3. The summed E-state index contributed by atoms with van der Waals surface area (Å²) in [5.41, 5.74) is 2.17. The topological polar surface area (TPSA) is 66.9 Å². The Balaban J connectivity index is 1.46. The number of fused-ring (bicyclic) bond motifs is 1. The number of benzene rings is 2. The van der Waals surface area contributed by atoms with Crippen molar-refractivity contribution < 1.29 is 17.9 Å². The van der Waals surface area contributed by atoms with Crippen LogP contribution in [-0.2, 0) is 27.7 Å². The van der Waals surface area contributed by atoms with E-state index in [9.17, 15) is 13.2 Å². The molecule has 2 fully saturated rings. The number of hydrogen-bond donors (Lipinski definition) is 0. The Hall–Kier alpha value is -2.38. The molecule has 6 nitrogen and oxygen atoms in total. The van der Waals surface area contributed by atoms with Crippen LogP contribution in [0.4, 0.5) is 4.79 Å². The number of carbonyl (C=O) groups excluding carboxylic acids is 1. The number of rotatable bonds is 5. The Labute approximate surface area is 172 Å². The summed E-state index contributed by atoms with van der Waals surface area (Å²) in [5.74, 6) is 0.347. The Kier molecular flexibility index (Phi) is 5.61. The molecule has 0 N–H and O–H groups in total. The molecule has 2 aliphatic rings. The lowest BCUT2D eigenvalue weighted by Crippen LogP contribution is -2.58. The van der Waals surface area contributed by atoms with E-state index in [4.69, 9.17) is 4.74 Å². The minimum absolute atomic E-state index is 0.125. The highest BCUT2D eigenvalue weighted by Gasteiger charge is 2.40. The first kappa shape index (κ1) is 19.9. The Morgan fingerprint density at radius 1 is 1.00 bits per heavy atom. The second-order valence-electron chi connectivity index (χ2n) is 7.96. The molecule has 2 aliphatic heterocycles. The van der Waals surface area contributed by atoms with Crippen molar-refractivity contribution in [2.75, 3.05) is 26.0 Å². The van der Waals surface area contributed by atoms with Gasteiger partial charge in [0.05, 0.1) is 17.5 Å². The van der Waals surface area contributed by atoms with Crippen molar-refractivity contribution >= 4 is 15.9 Å². The normalized spacial score (nSPS) is 22.8. The number of hydrogen-bond acceptors (Lipinski definition) is 5. The van der Waals surface area contributed by atoms with Gasteiger partial charge in [-0.15, -0.1) is 0 Å². The highest BCUT2D eigenvalue weighted by atomic mass is 32.2. The van der Waals surface area contributed by atoms with Gasteiger partial charge in [-0.1, -0.05) is 42.5 Å². The summed E-state index contributed by atoms with van der Waals surface area (Å²) in [7, 11) is -3.18. The third-order valence-electron chi connectivity index (χ3n) is 5.81. The number of sulfone groups is 1. The molecule has 0 radical (unpaired) electrons. The summed E-state index contributed by atoms with van der Waals surface area (Å²) in [5, 5.41) is 0. The van der Waals surface area contributed by atoms with E-state index in [1.807, 2.05) is 47.4 Å². The third kappa shape index (κ3) is 4.62. The molecule has 0 aliphatic carbocycles. The third-order valence-corrected chi connectivity index (χ3v) is 6.94. The maximum atomic E-state index is 12.5. The largest absolute Gasteiger partial charge is 0.449 e. The molecule has 0 spiro atoms.